The molecule has 0 aromatic rings. The molecule has 1 saturated heterocycles. The second-order valence-corrected chi connectivity index (χ2v) is 11.7. The first-order chi connectivity index (χ1) is 4.21. The predicted octanol–water partition coefficient (Wildman–Crippen LogP) is 2.62. The van der Waals surface area contributed by atoms with Gasteiger partial charge in [0.2, 0.25) is 0 Å². The van der Waals surface area contributed by atoms with Crippen molar-refractivity contribution in [3.8, 4) is 0 Å². The van der Waals surface area contributed by atoms with E-state index in [1.54, 1.807) is 0 Å². The van der Waals surface area contributed by atoms with Crippen LogP contribution in [-0.2, 0) is 0 Å². The van der Waals surface area contributed by atoms with Crippen molar-refractivity contribution in [2.24, 2.45) is 0 Å². The van der Waals surface area contributed by atoms with Crippen LogP contribution in [0.4, 0.5) is 16.4 Å². The molecule has 0 aromatic heterocycles. The lowest BCUT2D eigenvalue weighted by Crippen LogP contribution is -2.69. The van der Waals surface area contributed by atoms with Crippen LogP contribution >= 0.6 is 0 Å². The highest BCUT2D eigenvalue weighted by Gasteiger charge is 2.83. The summed E-state index contributed by atoms with van der Waals surface area (Å²) in [5, 5.41) is -1.33. The summed E-state index contributed by atoms with van der Waals surface area (Å²) in [5.41, 5.74) is 0. The van der Waals surface area contributed by atoms with E-state index in [-0.39, 0.29) is 0 Å². The minimum absolute atomic E-state index is 0.515. The molecule has 0 bridgehead atoms. The van der Waals surface area contributed by atoms with Crippen molar-refractivity contribution in [1.29, 1.82) is 0 Å². The van der Waals surface area contributed by atoms with Crippen LogP contribution in [0.25, 0.3) is 0 Å². The van der Waals surface area contributed by atoms with Crippen molar-refractivity contribution in [3.05, 3.63) is 0 Å². The van der Waals surface area contributed by atoms with Gasteiger partial charge in [-0.25, -0.2) is 0 Å². The van der Waals surface area contributed by atoms with Gasteiger partial charge in [0, 0.05) is 11.1 Å². The summed E-state index contributed by atoms with van der Waals surface area (Å²) in [6, 6.07) is -0.515. The summed E-state index contributed by atoms with van der Waals surface area (Å²) < 4.78 is 49.6. The van der Waals surface area contributed by atoms with E-state index in [0.717, 1.165) is 0 Å². The third-order valence-electron chi connectivity index (χ3n) is 1.97. The maximum atomic E-state index is 12.5. The predicted molar refractivity (Wildman–Crippen MR) is 34.8 cm³/mol. The van der Waals surface area contributed by atoms with Crippen molar-refractivity contribution >= 4 is 16.5 Å². The van der Waals surface area contributed by atoms with E-state index in [1.807, 2.05) is 0 Å². The average molecular weight is 188 g/mol. The van der Waals surface area contributed by atoms with Gasteiger partial charge in [-0.1, -0.05) is 13.8 Å². The fraction of sp³-hybridized carbons (Fsp3) is 1.00. The van der Waals surface area contributed by atoms with Gasteiger partial charge in [0.05, 0.1) is 0 Å². The quantitative estimate of drug-likeness (QED) is 0.311. The Hall–Kier alpha value is 0.154. The molecule has 6 heteroatoms. The summed E-state index contributed by atoms with van der Waals surface area (Å²) in [6.45, 7) is 2.48. The van der Waals surface area contributed by atoms with Crippen molar-refractivity contribution < 1.29 is 16.4 Å². The van der Waals surface area contributed by atoms with Gasteiger partial charge >= 0.3 is 16.5 Å². The molecule has 0 spiro atoms. The Balaban J connectivity index is 2.85. The van der Waals surface area contributed by atoms with Gasteiger partial charge in [-0.2, -0.15) is 0 Å². The second-order valence-electron chi connectivity index (χ2n) is 3.34. The van der Waals surface area contributed by atoms with Crippen LogP contribution in [0.1, 0.15) is 13.8 Å². The fourth-order valence-electron chi connectivity index (χ4n) is 1.17. The molecular formula is C4H8F4Si2. The van der Waals surface area contributed by atoms with Gasteiger partial charge in [0.1, 0.15) is 0 Å². The first-order valence-corrected chi connectivity index (χ1v) is 7.68. The Morgan fingerprint density at radius 2 is 1.50 bits per heavy atom. The fourth-order valence-corrected chi connectivity index (χ4v) is 8.89. The molecule has 0 aliphatic carbocycles. The molecular weight excluding hydrogens is 180 g/mol. The summed E-state index contributed by atoms with van der Waals surface area (Å²) >= 11 is 0. The largest absolute Gasteiger partial charge is 0.482 e. The van der Waals surface area contributed by atoms with Crippen molar-refractivity contribution in [2.45, 2.75) is 24.9 Å². The van der Waals surface area contributed by atoms with Crippen LogP contribution in [0.15, 0.2) is 0 Å². The van der Waals surface area contributed by atoms with Crippen molar-refractivity contribution in [2.75, 3.05) is 0 Å². The van der Waals surface area contributed by atoms with E-state index in [9.17, 15) is 16.4 Å². The zero-order chi connectivity index (χ0) is 8.21. The molecule has 0 nitrogen and oxygen atoms in total. The first-order valence-electron chi connectivity index (χ1n) is 2.96. The van der Waals surface area contributed by atoms with Gasteiger partial charge in [0.25, 0.3) is 0 Å². The van der Waals surface area contributed by atoms with Crippen molar-refractivity contribution in [1.82, 2.24) is 0 Å². The van der Waals surface area contributed by atoms with Gasteiger partial charge in [0.15, 0.2) is 0 Å². The third-order valence-corrected chi connectivity index (χ3v) is 11.8. The molecule has 0 amide bonds. The van der Waals surface area contributed by atoms with Gasteiger partial charge in [-0.15, -0.1) is 0 Å². The molecule has 0 atom stereocenters. The molecule has 1 aliphatic rings. The number of rotatable bonds is 0. The second kappa shape index (κ2) is 1.66. The van der Waals surface area contributed by atoms with E-state index in [1.165, 1.54) is 13.8 Å². The number of hydrogen-bond donors (Lipinski definition) is 0. The topological polar surface area (TPSA) is 0 Å². The van der Waals surface area contributed by atoms with E-state index in [2.05, 4.69) is 0 Å². The zero-order valence-electron chi connectivity index (χ0n) is 5.72. The Bertz CT molecular complexity index is 149. The minimum Gasteiger partial charge on any atom is -0.268 e. The summed E-state index contributed by atoms with van der Waals surface area (Å²) in [4.78, 5) is 0. The van der Waals surface area contributed by atoms with Crippen molar-refractivity contribution in [3.63, 3.8) is 0 Å². The lowest BCUT2D eigenvalue weighted by atomic mass is 10.2. The molecule has 0 saturated carbocycles. The summed E-state index contributed by atoms with van der Waals surface area (Å²) in [6.07, 6.45) is 0. The lowest BCUT2D eigenvalue weighted by Gasteiger charge is -2.45. The molecule has 1 fully saturated rings. The van der Waals surface area contributed by atoms with Crippen LogP contribution in [0.5, 0.6) is 0 Å². The SMILES string of the molecule is CC1(C)C[Si](F)(F)[Si]1(F)F. The van der Waals surface area contributed by atoms with Crippen LogP contribution in [0.3, 0.4) is 0 Å². The molecule has 1 rings (SSSR count). The maximum absolute atomic E-state index is 12.5. The molecule has 1 aliphatic heterocycles. The highest BCUT2D eigenvalue weighted by Crippen LogP contribution is 2.62. The maximum Gasteiger partial charge on any atom is 0.482 e. The van der Waals surface area contributed by atoms with Crippen LogP contribution < -0.4 is 0 Å². The van der Waals surface area contributed by atoms with E-state index in [0.29, 0.717) is 0 Å². The average Bonchev–Trinajstić information content (AvgIpc) is 1.61. The molecule has 0 aromatic carbocycles. The molecule has 0 unspecified atom stereocenters. The molecule has 0 radical (unpaired) electrons. The standard InChI is InChI=1S/C4H8F4Si2/c1-4(2)3-9(5,6)10(4,7)8/h3H2,1-2H3. The Kier molecular flexibility index (Phi) is 1.37. The van der Waals surface area contributed by atoms with Gasteiger partial charge in [-0.05, 0) is 0 Å². The van der Waals surface area contributed by atoms with Gasteiger partial charge < -0.3 is 0 Å². The Morgan fingerprint density at radius 3 is 1.50 bits per heavy atom. The normalized spacial score (nSPS) is 33.0. The van der Waals surface area contributed by atoms with Crippen LogP contribution in [0, 0.1) is 0 Å². The zero-order valence-corrected chi connectivity index (χ0v) is 7.72. The molecule has 10 heavy (non-hydrogen) atoms. The Labute approximate surface area is 58.7 Å². The monoisotopic (exact) mass is 188 g/mol. The van der Waals surface area contributed by atoms with E-state index in [4.69, 9.17) is 0 Å². The minimum atomic E-state index is -5.10. The van der Waals surface area contributed by atoms with Gasteiger partial charge in [-0.3, -0.25) is 16.4 Å². The van der Waals surface area contributed by atoms with Crippen LogP contribution in [-0.4, -0.2) is 16.5 Å². The lowest BCUT2D eigenvalue weighted by molar-refractivity contribution is 0.421. The van der Waals surface area contributed by atoms with E-state index >= 15 is 0 Å². The first kappa shape index (κ1) is 8.25. The molecule has 0 N–H and O–H groups in total. The highest BCUT2D eigenvalue weighted by molar-refractivity contribution is 7.36. The molecule has 60 valence electrons. The number of halogens is 4. The van der Waals surface area contributed by atoms with Crippen LogP contribution in [0.2, 0.25) is 11.1 Å². The molecule has 1 heterocycles. The van der Waals surface area contributed by atoms with E-state index < -0.39 is 27.6 Å². The summed E-state index contributed by atoms with van der Waals surface area (Å²) in [7, 11) is -10.1. The third kappa shape index (κ3) is 0.715. The smallest absolute Gasteiger partial charge is 0.268 e. The Morgan fingerprint density at radius 1 is 1.10 bits per heavy atom. The number of hydrogen-bond acceptors (Lipinski definition) is 0. The highest BCUT2D eigenvalue weighted by atomic mass is 29.3. The summed E-state index contributed by atoms with van der Waals surface area (Å²) in [5.74, 6) is 0.